The van der Waals surface area contributed by atoms with E-state index in [2.05, 4.69) is 51.3 Å². The van der Waals surface area contributed by atoms with Crippen LogP contribution >= 0.6 is 40.7 Å². The topological polar surface area (TPSA) is 24.5 Å². The van der Waals surface area contributed by atoms with Gasteiger partial charge in [-0.05, 0) is 31.5 Å². The average Bonchev–Trinajstić information content (AvgIpc) is 2.44. The van der Waals surface area contributed by atoms with Gasteiger partial charge in [0.2, 0.25) is 0 Å². The van der Waals surface area contributed by atoms with Gasteiger partial charge in [-0.3, -0.25) is 4.90 Å². The Morgan fingerprint density at radius 2 is 1.90 bits per heavy atom. The Labute approximate surface area is 148 Å². The summed E-state index contributed by atoms with van der Waals surface area (Å²) in [5, 5.41) is 3.41. The fraction of sp³-hybridized carbons (Fsp3) is 0.600. The minimum atomic E-state index is 0. The molecule has 1 aromatic rings. The van der Waals surface area contributed by atoms with Crippen molar-refractivity contribution in [3.8, 4) is 5.75 Å². The fourth-order valence-corrected chi connectivity index (χ4v) is 3.11. The van der Waals surface area contributed by atoms with Gasteiger partial charge in [0.05, 0.1) is 6.61 Å². The van der Waals surface area contributed by atoms with Gasteiger partial charge < -0.3 is 10.1 Å². The van der Waals surface area contributed by atoms with Crippen LogP contribution in [0.2, 0.25) is 0 Å². The van der Waals surface area contributed by atoms with Gasteiger partial charge in [-0.25, -0.2) is 0 Å². The molecule has 6 heteroatoms. The van der Waals surface area contributed by atoms with Crippen molar-refractivity contribution >= 4 is 40.7 Å². The lowest BCUT2D eigenvalue weighted by atomic mass is 10.0. The summed E-state index contributed by atoms with van der Waals surface area (Å²) >= 11 is 3.58. The number of hydrogen-bond acceptors (Lipinski definition) is 3. The van der Waals surface area contributed by atoms with E-state index < -0.39 is 0 Å². The second kappa shape index (κ2) is 10.7. The highest BCUT2D eigenvalue weighted by molar-refractivity contribution is 9.10. The Morgan fingerprint density at radius 1 is 1.24 bits per heavy atom. The van der Waals surface area contributed by atoms with Crippen LogP contribution in [0.15, 0.2) is 22.7 Å². The van der Waals surface area contributed by atoms with Crippen LogP contribution in [0.25, 0.3) is 0 Å². The van der Waals surface area contributed by atoms with Gasteiger partial charge in [0.25, 0.3) is 0 Å². The number of nitrogens with one attached hydrogen (secondary N) is 1. The van der Waals surface area contributed by atoms with E-state index in [4.69, 9.17) is 4.74 Å². The third-order valence-electron chi connectivity index (χ3n) is 3.61. The molecule has 0 aromatic heterocycles. The summed E-state index contributed by atoms with van der Waals surface area (Å²) in [6, 6.07) is 6.79. The first kappa shape index (κ1) is 21.0. The van der Waals surface area contributed by atoms with Crippen LogP contribution in [0.4, 0.5) is 0 Å². The van der Waals surface area contributed by atoms with Crippen LogP contribution in [0.1, 0.15) is 31.9 Å². The molecule has 3 nitrogen and oxygen atoms in total. The molecule has 1 aromatic carbocycles. The molecule has 0 bridgehead atoms. The Balaban J connectivity index is 0.00000200. The van der Waals surface area contributed by atoms with Gasteiger partial charge in [0, 0.05) is 42.3 Å². The van der Waals surface area contributed by atoms with Crippen molar-refractivity contribution in [1.82, 2.24) is 10.2 Å². The minimum absolute atomic E-state index is 0. The zero-order valence-corrected chi connectivity index (χ0v) is 15.8. The van der Waals surface area contributed by atoms with E-state index in [1.54, 1.807) is 0 Å². The van der Waals surface area contributed by atoms with Crippen LogP contribution in [-0.4, -0.2) is 37.7 Å². The number of ether oxygens (including phenoxy) is 1. The largest absolute Gasteiger partial charge is 0.494 e. The van der Waals surface area contributed by atoms with Crippen LogP contribution in [-0.2, 0) is 0 Å². The summed E-state index contributed by atoms with van der Waals surface area (Å²) in [6.07, 6.45) is 1.11. The minimum Gasteiger partial charge on any atom is -0.494 e. The Kier molecular flexibility index (Phi) is 10.7. The van der Waals surface area contributed by atoms with Gasteiger partial charge in [-0.2, -0.15) is 0 Å². The van der Waals surface area contributed by atoms with Gasteiger partial charge in [-0.1, -0.05) is 22.9 Å². The summed E-state index contributed by atoms with van der Waals surface area (Å²) in [6.45, 7) is 9.38. The molecule has 122 valence electrons. The molecule has 1 N–H and O–H groups in total. The zero-order chi connectivity index (χ0) is 13.7. The van der Waals surface area contributed by atoms with Crippen molar-refractivity contribution < 1.29 is 4.74 Å². The maximum Gasteiger partial charge on any atom is 0.124 e. The molecule has 0 radical (unpaired) electrons. The molecule has 1 aliphatic rings. The molecule has 21 heavy (non-hydrogen) atoms. The van der Waals surface area contributed by atoms with E-state index in [1.165, 1.54) is 5.56 Å². The van der Waals surface area contributed by atoms with E-state index in [1.807, 2.05) is 6.92 Å². The standard InChI is InChI=1S/C15H23BrN2O.2ClH/c1-3-14(18-9-7-17-8-10-18)13-11-12(16)5-6-15(13)19-4-2;;/h5-6,11,14,17H,3-4,7-10H2,1-2H3;2*1H/t14-;;/m1../s1. The monoisotopic (exact) mass is 398 g/mol. The van der Waals surface area contributed by atoms with Crippen LogP contribution < -0.4 is 10.1 Å². The molecule has 0 aliphatic carbocycles. The fourth-order valence-electron chi connectivity index (χ4n) is 2.74. The van der Waals surface area contributed by atoms with Crippen molar-refractivity contribution in [2.45, 2.75) is 26.3 Å². The highest BCUT2D eigenvalue weighted by Gasteiger charge is 2.23. The average molecular weight is 400 g/mol. The van der Waals surface area contributed by atoms with E-state index >= 15 is 0 Å². The molecular formula is C15H25BrCl2N2O. The van der Waals surface area contributed by atoms with E-state index in [-0.39, 0.29) is 24.8 Å². The Bertz CT molecular complexity index is 415. The number of piperazine rings is 1. The van der Waals surface area contributed by atoms with Crippen molar-refractivity contribution in [1.29, 1.82) is 0 Å². The Hall–Kier alpha value is -0.000000000000000222. The molecule has 0 unspecified atom stereocenters. The number of halogens is 3. The lowest BCUT2D eigenvalue weighted by molar-refractivity contribution is 0.165. The first-order valence-corrected chi connectivity index (χ1v) is 7.92. The molecular weight excluding hydrogens is 375 g/mol. The van der Waals surface area contributed by atoms with Crippen LogP contribution in [0.3, 0.4) is 0 Å². The molecule has 1 aliphatic heterocycles. The predicted molar refractivity (Wildman–Crippen MR) is 97.3 cm³/mol. The van der Waals surface area contributed by atoms with E-state index in [9.17, 15) is 0 Å². The zero-order valence-electron chi connectivity index (χ0n) is 12.6. The summed E-state index contributed by atoms with van der Waals surface area (Å²) in [5.74, 6) is 1.02. The van der Waals surface area contributed by atoms with Crippen LogP contribution in [0.5, 0.6) is 5.75 Å². The number of nitrogens with zero attached hydrogens (tertiary/aromatic N) is 1. The molecule has 1 saturated heterocycles. The molecule has 1 fully saturated rings. The van der Waals surface area contributed by atoms with E-state index in [0.717, 1.165) is 42.8 Å². The molecule has 1 heterocycles. The van der Waals surface area contributed by atoms with Crippen molar-refractivity contribution in [2.24, 2.45) is 0 Å². The normalized spacial score (nSPS) is 16.5. The molecule has 0 spiro atoms. The second-order valence-corrected chi connectivity index (χ2v) is 5.74. The molecule has 0 amide bonds. The highest BCUT2D eigenvalue weighted by atomic mass is 79.9. The van der Waals surface area contributed by atoms with E-state index in [0.29, 0.717) is 12.6 Å². The van der Waals surface area contributed by atoms with Crippen LogP contribution in [0, 0.1) is 0 Å². The van der Waals surface area contributed by atoms with Crippen molar-refractivity contribution in [3.63, 3.8) is 0 Å². The number of hydrogen-bond donors (Lipinski definition) is 1. The highest BCUT2D eigenvalue weighted by Crippen LogP contribution is 2.34. The maximum absolute atomic E-state index is 5.80. The Morgan fingerprint density at radius 3 is 2.48 bits per heavy atom. The lowest BCUT2D eigenvalue weighted by Gasteiger charge is -2.35. The third kappa shape index (κ3) is 5.61. The van der Waals surface area contributed by atoms with Gasteiger partial charge >= 0.3 is 0 Å². The summed E-state index contributed by atoms with van der Waals surface area (Å²) in [4.78, 5) is 2.56. The third-order valence-corrected chi connectivity index (χ3v) is 4.10. The summed E-state index contributed by atoms with van der Waals surface area (Å²) in [7, 11) is 0. The SMILES string of the molecule is CCOc1ccc(Br)cc1[C@@H](CC)N1CCNCC1.Cl.Cl. The number of benzene rings is 1. The van der Waals surface area contributed by atoms with Crippen molar-refractivity contribution in [3.05, 3.63) is 28.2 Å². The van der Waals surface area contributed by atoms with Crippen molar-refractivity contribution in [2.75, 3.05) is 32.8 Å². The lowest BCUT2D eigenvalue weighted by Crippen LogP contribution is -2.45. The van der Waals surface area contributed by atoms with Gasteiger partial charge in [0.15, 0.2) is 0 Å². The van der Waals surface area contributed by atoms with Gasteiger partial charge in [-0.15, -0.1) is 24.8 Å². The predicted octanol–water partition coefficient (Wildman–Crippen LogP) is 4.05. The first-order valence-electron chi connectivity index (χ1n) is 7.13. The maximum atomic E-state index is 5.80. The first-order chi connectivity index (χ1) is 9.26. The number of rotatable bonds is 5. The molecule has 2 rings (SSSR count). The smallest absolute Gasteiger partial charge is 0.124 e. The second-order valence-electron chi connectivity index (χ2n) is 4.83. The molecule has 0 saturated carbocycles. The van der Waals surface area contributed by atoms with Gasteiger partial charge in [0.1, 0.15) is 5.75 Å². The summed E-state index contributed by atoms with van der Waals surface area (Å²) in [5.41, 5.74) is 1.31. The quantitative estimate of drug-likeness (QED) is 0.808. The summed E-state index contributed by atoms with van der Waals surface area (Å²) < 4.78 is 6.93. The molecule has 1 atom stereocenters.